The molecule has 0 amide bonds. The number of nitrogens with zero attached hydrogens (tertiary/aromatic N) is 4. The van der Waals surface area contributed by atoms with Gasteiger partial charge in [0, 0.05) is 45.7 Å². The number of imidazole rings is 1. The van der Waals surface area contributed by atoms with Gasteiger partial charge in [-0.15, -0.1) is 0 Å². The van der Waals surface area contributed by atoms with Crippen LogP contribution in [-0.2, 0) is 19.5 Å². The molecule has 1 fully saturated rings. The number of rotatable bonds is 3. The number of alkyl halides is 3. The molecule has 2 aliphatic heterocycles. The lowest BCUT2D eigenvalue weighted by atomic mass is 10.1. The molecule has 0 N–H and O–H groups in total. The molecule has 1 aromatic rings. The Bertz CT molecular complexity index is 516. The standard InChI is InChI=1S/C15H23F3N4/c1-12-13(22-5-3-2-4-14(22)19-12)10-20-6-8-21(9-7-20)11-15(16,17)18/h2-11H2,1H3. The zero-order valence-electron chi connectivity index (χ0n) is 13.0. The summed E-state index contributed by atoms with van der Waals surface area (Å²) in [5.41, 5.74) is 2.33. The Morgan fingerprint density at radius 1 is 1.00 bits per heavy atom. The molecule has 3 heterocycles. The zero-order chi connectivity index (χ0) is 15.7. The number of hydrogen-bond acceptors (Lipinski definition) is 3. The fraction of sp³-hybridized carbons (Fsp3) is 0.800. The first kappa shape index (κ1) is 15.8. The highest BCUT2D eigenvalue weighted by Gasteiger charge is 2.32. The maximum Gasteiger partial charge on any atom is 0.401 e. The van der Waals surface area contributed by atoms with Crippen molar-refractivity contribution in [2.45, 2.75) is 45.5 Å². The van der Waals surface area contributed by atoms with Crippen molar-refractivity contribution in [3.63, 3.8) is 0 Å². The summed E-state index contributed by atoms with van der Waals surface area (Å²) in [6, 6.07) is 0. The molecule has 22 heavy (non-hydrogen) atoms. The predicted molar refractivity (Wildman–Crippen MR) is 77.7 cm³/mol. The molecule has 0 spiro atoms. The number of aromatic nitrogens is 2. The first-order chi connectivity index (χ1) is 10.4. The van der Waals surface area contributed by atoms with Gasteiger partial charge in [0.2, 0.25) is 0 Å². The second kappa shape index (κ2) is 6.20. The summed E-state index contributed by atoms with van der Waals surface area (Å²) in [4.78, 5) is 8.40. The van der Waals surface area contributed by atoms with E-state index in [-0.39, 0.29) is 0 Å². The number of halogens is 3. The van der Waals surface area contributed by atoms with E-state index < -0.39 is 12.7 Å². The van der Waals surface area contributed by atoms with Crippen molar-refractivity contribution >= 4 is 0 Å². The van der Waals surface area contributed by atoms with Crippen molar-refractivity contribution in [1.82, 2.24) is 19.4 Å². The van der Waals surface area contributed by atoms with E-state index in [4.69, 9.17) is 0 Å². The third kappa shape index (κ3) is 3.63. The first-order valence-electron chi connectivity index (χ1n) is 7.99. The van der Waals surface area contributed by atoms with E-state index in [0.29, 0.717) is 26.2 Å². The Morgan fingerprint density at radius 2 is 1.68 bits per heavy atom. The van der Waals surface area contributed by atoms with Crippen LogP contribution in [0.3, 0.4) is 0 Å². The van der Waals surface area contributed by atoms with Crippen LogP contribution in [0.5, 0.6) is 0 Å². The molecule has 4 nitrogen and oxygen atoms in total. The van der Waals surface area contributed by atoms with E-state index in [1.807, 2.05) is 6.92 Å². The SMILES string of the molecule is Cc1nc2n(c1CN1CCN(CC(F)(F)F)CC1)CCCC2. The fourth-order valence-electron chi connectivity index (χ4n) is 3.45. The molecule has 0 bridgehead atoms. The Labute approximate surface area is 128 Å². The van der Waals surface area contributed by atoms with Crippen molar-refractivity contribution in [1.29, 1.82) is 0 Å². The van der Waals surface area contributed by atoms with Gasteiger partial charge < -0.3 is 4.57 Å². The summed E-state index contributed by atoms with van der Waals surface area (Å²) in [7, 11) is 0. The lowest BCUT2D eigenvalue weighted by molar-refractivity contribution is -0.149. The van der Waals surface area contributed by atoms with Gasteiger partial charge in [0.25, 0.3) is 0 Å². The first-order valence-corrected chi connectivity index (χ1v) is 7.99. The predicted octanol–water partition coefficient (Wildman–Crippen LogP) is 2.21. The third-order valence-corrected chi connectivity index (χ3v) is 4.63. The van der Waals surface area contributed by atoms with E-state index in [2.05, 4.69) is 14.5 Å². The van der Waals surface area contributed by atoms with Crippen molar-refractivity contribution in [3.05, 3.63) is 17.2 Å². The second-order valence-corrected chi connectivity index (χ2v) is 6.34. The Kier molecular flexibility index (Phi) is 4.45. The molecule has 7 heteroatoms. The summed E-state index contributed by atoms with van der Waals surface area (Å²) in [5.74, 6) is 1.18. The van der Waals surface area contributed by atoms with Gasteiger partial charge in [0.1, 0.15) is 5.82 Å². The molecule has 1 aromatic heterocycles. The van der Waals surface area contributed by atoms with Crippen LogP contribution in [0.25, 0.3) is 0 Å². The van der Waals surface area contributed by atoms with Gasteiger partial charge in [0.05, 0.1) is 17.9 Å². The van der Waals surface area contributed by atoms with Crippen molar-refractivity contribution in [3.8, 4) is 0 Å². The summed E-state index contributed by atoms with van der Waals surface area (Å²) in [6.45, 7) is 5.44. The highest BCUT2D eigenvalue weighted by molar-refractivity contribution is 5.17. The van der Waals surface area contributed by atoms with E-state index in [9.17, 15) is 13.2 Å². The van der Waals surface area contributed by atoms with Gasteiger partial charge in [-0.3, -0.25) is 9.80 Å². The van der Waals surface area contributed by atoms with Gasteiger partial charge in [-0.2, -0.15) is 13.2 Å². The number of hydrogen-bond donors (Lipinski definition) is 0. The van der Waals surface area contributed by atoms with Crippen LogP contribution in [-0.4, -0.2) is 58.3 Å². The molecule has 0 saturated carbocycles. The molecule has 2 aliphatic rings. The average molecular weight is 316 g/mol. The van der Waals surface area contributed by atoms with Crippen LogP contribution in [0.2, 0.25) is 0 Å². The maximum absolute atomic E-state index is 12.4. The second-order valence-electron chi connectivity index (χ2n) is 6.34. The summed E-state index contributed by atoms with van der Waals surface area (Å²) < 4.78 is 39.6. The van der Waals surface area contributed by atoms with Crippen molar-refractivity contribution in [2.75, 3.05) is 32.7 Å². The van der Waals surface area contributed by atoms with Gasteiger partial charge in [-0.25, -0.2) is 4.98 Å². The van der Waals surface area contributed by atoms with Gasteiger partial charge >= 0.3 is 6.18 Å². The molecular formula is C15H23F3N4. The molecule has 0 unspecified atom stereocenters. The Balaban J connectivity index is 1.58. The molecule has 3 rings (SSSR count). The highest BCUT2D eigenvalue weighted by Crippen LogP contribution is 2.22. The van der Waals surface area contributed by atoms with Crippen LogP contribution < -0.4 is 0 Å². The summed E-state index contributed by atoms with van der Waals surface area (Å²) in [5, 5.41) is 0. The minimum atomic E-state index is -4.09. The smallest absolute Gasteiger partial charge is 0.331 e. The normalized spacial score (nSPS) is 21.1. The van der Waals surface area contributed by atoms with Gasteiger partial charge in [-0.1, -0.05) is 0 Å². The molecule has 0 aliphatic carbocycles. The lowest BCUT2D eigenvalue weighted by Crippen LogP contribution is -2.48. The highest BCUT2D eigenvalue weighted by atomic mass is 19.4. The minimum Gasteiger partial charge on any atom is -0.331 e. The Hall–Kier alpha value is -1.08. The molecule has 0 radical (unpaired) electrons. The summed E-state index contributed by atoms with van der Waals surface area (Å²) in [6.07, 6.45) is -0.662. The van der Waals surface area contributed by atoms with E-state index >= 15 is 0 Å². The fourth-order valence-corrected chi connectivity index (χ4v) is 3.45. The molecular weight excluding hydrogens is 293 g/mol. The van der Waals surface area contributed by atoms with Crippen molar-refractivity contribution in [2.24, 2.45) is 0 Å². The Morgan fingerprint density at radius 3 is 2.36 bits per heavy atom. The number of aryl methyl sites for hydroxylation is 2. The van der Waals surface area contributed by atoms with Crippen LogP contribution in [0.15, 0.2) is 0 Å². The van der Waals surface area contributed by atoms with Gasteiger partial charge in [-0.05, 0) is 19.8 Å². The maximum atomic E-state index is 12.4. The minimum absolute atomic E-state index is 0.486. The number of piperazine rings is 1. The lowest BCUT2D eigenvalue weighted by Gasteiger charge is -2.35. The third-order valence-electron chi connectivity index (χ3n) is 4.63. The van der Waals surface area contributed by atoms with E-state index in [0.717, 1.165) is 25.2 Å². The topological polar surface area (TPSA) is 24.3 Å². The van der Waals surface area contributed by atoms with Gasteiger partial charge in [0.15, 0.2) is 0 Å². The van der Waals surface area contributed by atoms with Crippen LogP contribution in [0.1, 0.15) is 30.1 Å². The van der Waals surface area contributed by atoms with Crippen molar-refractivity contribution < 1.29 is 13.2 Å². The zero-order valence-corrected chi connectivity index (χ0v) is 13.0. The number of fused-ring (bicyclic) bond motifs is 1. The molecule has 1 saturated heterocycles. The van der Waals surface area contributed by atoms with Crippen LogP contribution in [0.4, 0.5) is 13.2 Å². The monoisotopic (exact) mass is 316 g/mol. The summed E-state index contributed by atoms with van der Waals surface area (Å²) >= 11 is 0. The van der Waals surface area contributed by atoms with Crippen LogP contribution in [0, 0.1) is 6.92 Å². The molecule has 0 aromatic carbocycles. The average Bonchev–Trinajstić information content (AvgIpc) is 2.76. The quantitative estimate of drug-likeness (QED) is 0.854. The van der Waals surface area contributed by atoms with E-state index in [1.165, 1.54) is 29.3 Å². The molecule has 0 atom stereocenters. The van der Waals surface area contributed by atoms with E-state index in [1.54, 1.807) is 0 Å². The van der Waals surface area contributed by atoms with Crippen LogP contribution >= 0.6 is 0 Å². The molecule has 124 valence electrons. The largest absolute Gasteiger partial charge is 0.401 e.